The maximum absolute atomic E-state index is 13.5. The van der Waals surface area contributed by atoms with Gasteiger partial charge in [0, 0.05) is 36.1 Å². The number of aromatic nitrogens is 6. The highest BCUT2D eigenvalue weighted by Gasteiger charge is 2.43. The second kappa shape index (κ2) is 9.22. The number of carbonyl (C=O) groups is 1. The van der Waals surface area contributed by atoms with Crippen LogP contribution >= 0.6 is 0 Å². The number of aryl methyl sites for hydroxylation is 3. The molecule has 1 aromatic carbocycles. The smallest absolute Gasteiger partial charge is 0.259 e. The van der Waals surface area contributed by atoms with Crippen LogP contribution < -0.4 is 10.2 Å². The van der Waals surface area contributed by atoms with Crippen LogP contribution in [-0.2, 0) is 0 Å². The predicted octanol–water partition coefficient (Wildman–Crippen LogP) is 5.05. The average Bonchev–Trinajstić information content (AvgIpc) is 3.26. The van der Waals surface area contributed by atoms with Crippen molar-refractivity contribution in [1.29, 1.82) is 0 Å². The third kappa shape index (κ3) is 4.18. The van der Waals surface area contributed by atoms with Gasteiger partial charge in [-0.15, -0.1) is 0 Å². The zero-order chi connectivity index (χ0) is 27.5. The lowest BCUT2D eigenvalue weighted by molar-refractivity contribution is 0.102. The van der Waals surface area contributed by atoms with Crippen LogP contribution in [0, 0.1) is 20.8 Å². The van der Waals surface area contributed by atoms with Gasteiger partial charge < -0.3 is 14.7 Å². The Morgan fingerprint density at radius 3 is 2.52 bits per heavy atom. The number of anilines is 2. The molecule has 2 aliphatic rings. The summed E-state index contributed by atoms with van der Waals surface area (Å²) < 4.78 is 20.3. The van der Waals surface area contributed by atoms with E-state index < -0.39 is 6.17 Å². The van der Waals surface area contributed by atoms with Gasteiger partial charge in [-0.05, 0) is 62.9 Å². The van der Waals surface area contributed by atoms with E-state index in [9.17, 15) is 9.18 Å². The number of nitrogens with one attached hydrogen (secondary N) is 1. The van der Waals surface area contributed by atoms with Gasteiger partial charge in [-0.25, -0.2) is 18.9 Å². The monoisotopic (exact) mass is 538 g/mol. The molecule has 10 nitrogen and oxygen atoms in total. The molecule has 4 aromatic heterocycles. The molecule has 2 atom stereocenters. The molecule has 1 N–H and O–H groups in total. The molecule has 2 fully saturated rings. The molecule has 0 bridgehead atoms. The molecule has 1 saturated carbocycles. The number of rotatable bonds is 6. The minimum atomic E-state index is -0.919. The molecule has 202 valence electrons. The van der Waals surface area contributed by atoms with E-state index in [1.165, 1.54) is 0 Å². The molecule has 0 radical (unpaired) electrons. The van der Waals surface area contributed by atoms with Gasteiger partial charge in [-0.2, -0.15) is 10.1 Å². The number of fused-ring (bicyclic) bond motifs is 1. The van der Waals surface area contributed by atoms with Crippen molar-refractivity contribution in [3.63, 3.8) is 0 Å². The zero-order valence-electron chi connectivity index (χ0n) is 22.3. The molecule has 5 heterocycles. The molecule has 40 heavy (non-hydrogen) atoms. The Hall–Kier alpha value is -4.67. The van der Waals surface area contributed by atoms with Crippen LogP contribution in [0.15, 0.2) is 47.2 Å². The van der Waals surface area contributed by atoms with Crippen LogP contribution in [0.2, 0.25) is 0 Å². The first-order valence-corrected chi connectivity index (χ1v) is 13.3. The summed E-state index contributed by atoms with van der Waals surface area (Å²) in [5, 5.41) is 11.4. The summed E-state index contributed by atoms with van der Waals surface area (Å²) in [6, 6.07) is 9.43. The molecule has 7 rings (SSSR count). The van der Waals surface area contributed by atoms with Gasteiger partial charge in [-0.1, -0.05) is 17.3 Å². The highest BCUT2D eigenvalue weighted by atomic mass is 19.1. The van der Waals surface area contributed by atoms with Crippen LogP contribution in [0.3, 0.4) is 0 Å². The summed E-state index contributed by atoms with van der Waals surface area (Å²) in [6.45, 7) is 7.85. The van der Waals surface area contributed by atoms with Crippen LogP contribution in [0.25, 0.3) is 28.0 Å². The molecular weight excluding hydrogens is 511 g/mol. The number of amides is 1. The molecule has 1 amide bonds. The van der Waals surface area contributed by atoms with Gasteiger partial charge in [0.15, 0.2) is 0 Å². The zero-order valence-corrected chi connectivity index (χ0v) is 22.3. The first-order chi connectivity index (χ1) is 19.4. The van der Waals surface area contributed by atoms with Gasteiger partial charge in [0.2, 0.25) is 17.7 Å². The van der Waals surface area contributed by atoms with E-state index in [0.717, 1.165) is 53.5 Å². The summed E-state index contributed by atoms with van der Waals surface area (Å²) in [5.74, 6) is 0.825. The number of alkyl halides is 1. The van der Waals surface area contributed by atoms with E-state index in [-0.39, 0.29) is 11.8 Å². The van der Waals surface area contributed by atoms with Crippen LogP contribution in [0.4, 0.5) is 16.0 Å². The fourth-order valence-corrected chi connectivity index (χ4v) is 5.09. The maximum Gasteiger partial charge on any atom is 0.259 e. The van der Waals surface area contributed by atoms with Crippen LogP contribution in [0.1, 0.15) is 52.0 Å². The quantitative estimate of drug-likeness (QED) is 0.319. The summed E-state index contributed by atoms with van der Waals surface area (Å²) in [4.78, 5) is 29.5. The van der Waals surface area contributed by atoms with E-state index in [0.29, 0.717) is 40.5 Å². The third-order valence-electron chi connectivity index (χ3n) is 7.67. The number of hydrogen-bond acceptors (Lipinski definition) is 8. The topological polar surface area (TPSA) is 114 Å². The molecule has 11 heteroatoms. The first-order valence-electron chi connectivity index (χ1n) is 13.3. The number of hydrogen-bond donors (Lipinski definition) is 1. The highest BCUT2D eigenvalue weighted by molar-refractivity contribution is 6.09. The van der Waals surface area contributed by atoms with Crippen molar-refractivity contribution in [2.45, 2.75) is 45.7 Å². The predicted molar refractivity (Wildman–Crippen MR) is 147 cm³/mol. The Morgan fingerprint density at radius 2 is 1.82 bits per heavy atom. The fraction of sp³-hybridized carbons (Fsp3) is 0.310. The largest absolute Gasteiger partial charge is 0.341 e. The van der Waals surface area contributed by atoms with Crippen molar-refractivity contribution < 1.29 is 13.7 Å². The standard InChI is InChI=1S/C29H27FN8O2/c1-15-5-6-19(26-35-28(40-36-26)20-13-22(20)30)11-23(15)34-27(39)21-14-31-38-10-7-18(12-24(21)38)25-16(2)32-29(33-17(25)3)37-8-4-9-37/h5-7,10-12,14,20,22H,4,8-9,13H2,1-3H3,(H,34,39)/t20-,22-/m0/s1. The minimum absolute atomic E-state index is 0.294. The lowest BCUT2D eigenvalue weighted by atomic mass is 10.0. The molecule has 5 aromatic rings. The van der Waals surface area contributed by atoms with Gasteiger partial charge in [0.1, 0.15) is 6.17 Å². The minimum Gasteiger partial charge on any atom is -0.341 e. The molecule has 0 spiro atoms. The SMILES string of the molecule is Cc1ccc(-c2noc([C@H]3C[C@@H]3F)n2)cc1NC(=O)c1cnn2ccc(-c3c(C)nc(N4CCC4)nc3C)cc12. The summed E-state index contributed by atoms with van der Waals surface area (Å²) in [6.07, 6.45) is 4.05. The van der Waals surface area contributed by atoms with Crippen molar-refractivity contribution in [2.24, 2.45) is 0 Å². The Kier molecular flexibility index (Phi) is 5.62. The van der Waals surface area contributed by atoms with E-state index >= 15 is 0 Å². The van der Waals surface area contributed by atoms with E-state index in [1.54, 1.807) is 16.8 Å². The van der Waals surface area contributed by atoms with Gasteiger partial charge >= 0.3 is 0 Å². The summed E-state index contributed by atoms with van der Waals surface area (Å²) >= 11 is 0. The second-order valence-corrected chi connectivity index (χ2v) is 10.5. The first kappa shape index (κ1) is 24.4. The molecule has 1 aliphatic heterocycles. The van der Waals surface area contributed by atoms with Gasteiger partial charge in [0.05, 0.1) is 34.6 Å². The Morgan fingerprint density at radius 1 is 1.05 bits per heavy atom. The third-order valence-corrected chi connectivity index (χ3v) is 7.67. The second-order valence-electron chi connectivity index (χ2n) is 10.5. The van der Waals surface area contributed by atoms with Crippen molar-refractivity contribution in [3.05, 3.63) is 71.1 Å². The number of benzene rings is 1. The maximum atomic E-state index is 13.5. The number of carbonyl (C=O) groups excluding carboxylic acids is 1. The highest BCUT2D eigenvalue weighted by Crippen LogP contribution is 2.43. The summed E-state index contributed by atoms with van der Waals surface area (Å²) in [7, 11) is 0. The normalized spacial score (nSPS) is 18.1. The number of halogens is 1. The van der Waals surface area contributed by atoms with Crippen LogP contribution in [-0.4, -0.2) is 54.9 Å². The Bertz CT molecular complexity index is 1770. The number of pyridine rings is 1. The average molecular weight is 539 g/mol. The van der Waals surface area contributed by atoms with E-state index in [4.69, 9.17) is 14.5 Å². The van der Waals surface area contributed by atoms with Gasteiger partial charge in [-0.3, -0.25) is 4.79 Å². The Balaban J connectivity index is 1.18. The molecule has 1 saturated heterocycles. The van der Waals surface area contributed by atoms with Gasteiger partial charge in [0.25, 0.3) is 5.91 Å². The molecule has 1 aliphatic carbocycles. The fourth-order valence-electron chi connectivity index (χ4n) is 5.09. The lowest BCUT2D eigenvalue weighted by Crippen LogP contribution is -2.38. The van der Waals surface area contributed by atoms with E-state index in [2.05, 4.69) is 25.5 Å². The number of nitrogens with zero attached hydrogens (tertiary/aromatic N) is 7. The van der Waals surface area contributed by atoms with Crippen LogP contribution in [0.5, 0.6) is 0 Å². The van der Waals surface area contributed by atoms with Crippen molar-refractivity contribution in [2.75, 3.05) is 23.3 Å². The lowest BCUT2D eigenvalue weighted by Gasteiger charge is -2.31. The van der Waals surface area contributed by atoms with Crippen molar-refractivity contribution >= 4 is 23.1 Å². The summed E-state index contributed by atoms with van der Waals surface area (Å²) in [5.41, 5.74) is 6.91. The van der Waals surface area contributed by atoms with Crippen molar-refractivity contribution in [3.8, 4) is 22.5 Å². The van der Waals surface area contributed by atoms with Crippen molar-refractivity contribution in [1.82, 2.24) is 29.7 Å². The Labute approximate surface area is 229 Å². The van der Waals surface area contributed by atoms with E-state index in [1.807, 2.05) is 51.2 Å². The molecular formula is C29H27FN8O2. The molecule has 0 unspecified atom stereocenters.